The van der Waals surface area contributed by atoms with Crippen molar-refractivity contribution in [2.75, 3.05) is 31.1 Å². The number of likely N-dealkylation sites (N-methyl/N-ethyl adjacent to an activating group) is 1. The number of ether oxygens (including phenoxy) is 2. The van der Waals surface area contributed by atoms with Crippen LogP contribution >= 0.6 is 0 Å². The molecule has 0 unspecified atom stereocenters. The highest BCUT2D eigenvalue weighted by atomic mass is 32.2. The first kappa shape index (κ1) is 26.9. The fraction of sp³-hybridized carbons (Fsp3) is 0.259. The zero-order chi connectivity index (χ0) is 27.3. The number of amides is 2. The number of anilines is 1. The molecule has 2 amide bonds. The number of fused-ring (bicyclic) bond motifs is 1. The molecule has 0 radical (unpaired) electrons. The van der Waals surface area contributed by atoms with Gasteiger partial charge in [-0.1, -0.05) is 36.4 Å². The number of nitrogens with one attached hydrogen (secondary N) is 1. The summed E-state index contributed by atoms with van der Waals surface area (Å²) in [5, 5.41) is 2.49. The molecule has 0 saturated carbocycles. The number of benzene rings is 3. The van der Waals surface area contributed by atoms with Gasteiger partial charge in [0.1, 0.15) is 31.6 Å². The maximum atomic E-state index is 14.5. The molecule has 1 aliphatic heterocycles. The molecule has 4 rings (SSSR count). The van der Waals surface area contributed by atoms with E-state index in [1.807, 2.05) is 0 Å². The molecule has 200 valence electrons. The fourth-order valence-electron chi connectivity index (χ4n) is 4.04. The molecule has 11 heteroatoms. The average molecular weight is 542 g/mol. The lowest BCUT2D eigenvalue weighted by atomic mass is 10.1. The highest BCUT2D eigenvalue weighted by Gasteiger charge is 2.33. The van der Waals surface area contributed by atoms with Crippen LogP contribution in [-0.4, -0.2) is 58.0 Å². The smallest absolute Gasteiger partial charge is 0.264 e. The van der Waals surface area contributed by atoms with Crippen molar-refractivity contribution < 1.29 is 31.9 Å². The monoisotopic (exact) mass is 541 g/mol. The Labute approximate surface area is 220 Å². The summed E-state index contributed by atoms with van der Waals surface area (Å²) < 4.78 is 54.2. The van der Waals surface area contributed by atoms with Crippen LogP contribution in [0.25, 0.3) is 0 Å². The molecule has 0 saturated heterocycles. The molecule has 0 spiro atoms. The van der Waals surface area contributed by atoms with E-state index in [9.17, 15) is 22.4 Å². The number of rotatable bonds is 9. The van der Waals surface area contributed by atoms with Crippen LogP contribution < -0.4 is 19.1 Å². The molecular formula is C27H28FN3O6S. The maximum absolute atomic E-state index is 14.5. The quantitative estimate of drug-likeness (QED) is 0.447. The summed E-state index contributed by atoms with van der Waals surface area (Å²) in [7, 11) is -2.80. The Bertz CT molecular complexity index is 1420. The van der Waals surface area contributed by atoms with Crippen LogP contribution in [0, 0.1) is 5.82 Å². The predicted molar refractivity (Wildman–Crippen MR) is 139 cm³/mol. The van der Waals surface area contributed by atoms with Crippen LogP contribution in [0.15, 0.2) is 77.7 Å². The van der Waals surface area contributed by atoms with Crippen LogP contribution in [0.4, 0.5) is 10.1 Å². The molecule has 0 aromatic heterocycles. The Morgan fingerprint density at radius 3 is 2.32 bits per heavy atom. The van der Waals surface area contributed by atoms with E-state index in [1.54, 1.807) is 30.3 Å². The average Bonchev–Trinajstić information content (AvgIpc) is 2.94. The number of hydrogen-bond donors (Lipinski definition) is 1. The number of carbonyl (C=O) groups excluding carboxylic acids is 2. The van der Waals surface area contributed by atoms with E-state index in [1.165, 1.54) is 56.4 Å². The molecule has 3 aromatic rings. The standard InChI is InChI=1S/C27H28FN3O6S/c1-19(27(33)29-2)30(17-20-8-6-7-11-23(20)28)26(32)18-31(38(34,35)22-9-4-3-5-10-22)21-12-13-24-25(16-21)37-15-14-36-24/h3-13,16,19H,14-15,17-18H2,1-2H3,(H,29,33)/t19-/m1/s1. The van der Waals surface area contributed by atoms with Crippen molar-refractivity contribution in [3.8, 4) is 11.5 Å². The minimum absolute atomic E-state index is 0.0253. The summed E-state index contributed by atoms with van der Waals surface area (Å²) in [6.45, 7) is 1.27. The second-order valence-corrected chi connectivity index (χ2v) is 10.4. The maximum Gasteiger partial charge on any atom is 0.264 e. The second kappa shape index (κ2) is 11.5. The molecule has 0 aliphatic carbocycles. The molecule has 9 nitrogen and oxygen atoms in total. The van der Waals surface area contributed by atoms with E-state index < -0.39 is 40.2 Å². The van der Waals surface area contributed by atoms with Crippen LogP contribution in [0.2, 0.25) is 0 Å². The van der Waals surface area contributed by atoms with Gasteiger partial charge < -0.3 is 19.7 Å². The fourth-order valence-corrected chi connectivity index (χ4v) is 5.46. The van der Waals surface area contributed by atoms with Crippen molar-refractivity contribution in [3.63, 3.8) is 0 Å². The number of nitrogens with zero attached hydrogens (tertiary/aromatic N) is 2. The molecule has 0 fully saturated rings. The first-order valence-electron chi connectivity index (χ1n) is 11.9. The van der Waals surface area contributed by atoms with Crippen LogP contribution in [-0.2, 0) is 26.2 Å². The van der Waals surface area contributed by atoms with Crippen LogP contribution in [0.5, 0.6) is 11.5 Å². The summed E-state index contributed by atoms with van der Waals surface area (Å²) in [6, 6.07) is 17.2. The Balaban J connectivity index is 1.74. The molecule has 3 aromatic carbocycles. The van der Waals surface area contributed by atoms with Gasteiger partial charge in [-0.15, -0.1) is 0 Å². The zero-order valence-electron chi connectivity index (χ0n) is 21.0. The third-order valence-corrected chi connectivity index (χ3v) is 7.92. The minimum atomic E-state index is -4.23. The normalized spacial score (nSPS) is 13.3. The van der Waals surface area contributed by atoms with Gasteiger partial charge in [0.05, 0.1) is 10.6 Å². The molecule has 0 bridgehead atoms. The zero-order valence-corrected chi connectivity index (χ0v) is 21.8. The first-order chi connectivity index (χ1) is 18.2. The Kier molecular flexibility index (Phi) is 8.16. The number of carbonyl (C=O) groups is 2. The molecule has 1 aliphatic rings. The van der Waals surface area contributed by atoms with Crippen molar-refractivity contribution in [1.29, 1.82) is 0 Å². The lowest BCUT2D eigenvalue weighted by Gasteiger charge is -2.32. The van der Waals surface area contributed by atoms with Crippen molar-refractivity contribution in [1.82, 2.24) is 10.2 Å². The van der Waals surface area contributed by atoms with Gasteiger partial charge >= 0.3 is 0 Å². The summed E-state index contributed by atoms with van der Waals surface area (Å²) in [6.07, 6.45) is 0. The number of halogens is 1. The van der Waals surface area contributed by atoms with Crippen molar-refractivity contribution in [3.05, 3.63) is 84.2 Å². The van der Waals surface area contributed by atoms with Gasteiger partial charge in [-0.2, -0.15) is 0 Å². The third-order valence-electron chi connectivity index (χ3n) is 6.14. The Hall–Kier alpha value is -4.12. The van der Waals surface area contributed by atoms with E-state index in [-0.39, 0.29) is 22.7 Å². The van der Waals surface area contributed by atoms with E-state index in [0.717, 1.165) is 9.21 Å². The van der Waals surface area contributed by atoms with Gasteiger partial charge in [-0.25, -0.2) is 12.8 Å². The molecular weight excluding hydrogens is 513 g/mol. The summed E-state index contributed by atoms with van der Waals surface area (Å²) in [4.78, 5) is 27.4. The van der Waals surface area contributed by atoms with E-state index >= 15 is 0 Å². The van der Waals surface area contributed by atoms with E-state index in [0.29, 0.717) is 24.7 Å². The van der Waals surface area contributed by atoms with Gasteiger partial charge in [0, 0.05) is 25.2 Å². The first-order valence-corrected chi connectivity index (χ1v) is 13.4. The molecule has 38 heavy (non-hydrogen) atoms. The van der Waals surface area contributed by atoms with Gasteiger partial charge in [-0.3, -0.25) is 13.9 Å². The summed E-state index contributed by atoms with van der Waals surface area (Å²) >= 11 is 0. The second-order valence-electron chi connectivity index (χ2n) is 8.56. The van der Waals surface area contributed by atoms with E-state index in [4.69, 9.17) is 9.47 Å². The largest absolute Gasteiger partial charge is 0.486 e. The highest BCUT2D eigenvalue weighted by Crippen LogP contribution is 2.36. The van der Waals surface area contributed by atoms with Gasteiger partial charge in [0.15, 0.2) is 11.5 Å². The molecule has 1 heterocycles. The highest BCUT2D eigenvalue weighted by molar-refractivity contribution is 7.92. The van der Waals surface area contributed by atoms with Gasteiger partial charge in [0.25, 0.3) is 10.0 Å². The minimum Gasteiger partial charge on any atom is -0.486 e. The van der Waals surface area contributed by atoms with E-state index in [2.05, 4.69) is 5.32 Å². The Morgan fingerprint density at radius 1 is 0.974 bits per heavy atom. The van der Waals surface area contributed by atoms with Crippen molar-refractivity contribution in [2.24, 2.45) is 0 Å². The Morgan fingerprint density at radius 2 is 1.63 bits per heavy atom. The van der Waals surface area contributed by atoms with Crippen molar-refractivity contribution >= 4 is 27.5 Å². The lowest BCUT2D eigenvalue weighted by molar-refractivity contribution is -0.139. The van der Waals surface area contributed by atoms with Crippen molar-refractivity contribution in [2.45, 2.75) is 24.4 Å². The summed E-state index contributed by atoms with van der Waals surface area (Å²) in [5.74, 6) is -0.922. The van der Waals surface area contributed by atoms with Crippen LogP contribution in [0.3, 0.4) is 0 Å². The predicted octanol–water partition coefficient (Wildman–Crippen LogP) is 2.96. The number of sulfonamides is 1. The topological polar surface area (TPSA) is 105 Å². The summed E-state index contributed by atoms with van der Waals surface area (Å²) in [5.41, 5.74) is 0.360. The number of hydrogen-bond acceptors (Lipinski definition) is 6. The van der Waals surface area contributed by atoms with Gasteiger partial charge in [0.2, 0.25) is 11.8 Å². The van der Waals surface area contributed by atoms with Gasteiger partial charge in [-0.05, 0) is 37.3 Å². The lowest BCUT2D eigenvalue weighted by Crippen LogP contribution is -2.50. The molecule has 1 N–H and O–H groups in total. The van der Waals surface area contributed by atoms with Crippen LogP contribution in [0.1, 0.15) is 12.5 Å². The SMILES string of the molecule is CNC(=O)[C@@H](C)N(Cc1ccccc1F)C(=O)CN(c1ccc2c(c1)OCCO2)S(=O)(=O)c1ccccc1. The molecule has 1 atom stereocenters. The third kappa shape index (κ3) is 5.72.